The Balaban J connectivity index is 1.65. The first-order valence-corrected chi connectivity index (χ1v) is 9.07. The van der Waals surface area contributed by atoms with E-state index in [1.807, 2.05) is 30.3 Å². The van der Waals surface area contributed by atoms with Gasteiger partial charge in [0.05, 0.1) is 12.3 Å². The minimum Gasteiger partial charge on any atom is -0.338 e. The highest BCUT2D eigenvalue weighted by Crippen LogP contribution is 2.26. The van der Waals surface area contributed by atoms with Gasteiger partial charge in [-0.1, -0.05) is 47.3 Å². The lowest BCUT2D eigenvalue weighted by atomic mass is 10.2. The van der Waals surface area contributed by atoms with Crippen LogP contribution in [0.15, 0.2) is 64.5 Å². The molecule has 4 rings (SSSR count). The topological polar surface area (TPSA) is 82.5 Å². The number of benzene rings is 1. The molecule has 0 saturated carbocycles. The Morgan fingerprint density at radius 1 is 1.08 bits per heavy atom. The fraction of sp³-hybridized carbons (Fsp3) is 0.167. The first-order valence-electron chi connectivity index (χ1n) is 8.09. The van der Waals surface area contributed by atoms with Crippen LogP contribution in [0.25, 0.3) is 11.4 Å². The molecule has 0 aliphatic heterocycles. The summed E-state index contributed by atoms with van der Waals surface area (Å²) in [7, 11) is 0. The van der Waals surface area contributed by atoms with E-state index in [0.29, 0.717) is 24.0 Å². The van der Waals surface area contributed by atoms with Gasteiger partial charge in [0.2, 0.25) is 5.89 Å². The van der Waals surface area contributed by atoms with Crippen molar-refractivity contribution in [2.45, 2.75) is 24.4 Å². The second kappa shape index (κ2) is 7.49. The zero-order valence-electron chi connectivity index (χ0n) is 14.1. The predicted molar refractivity (Wildman–Crippen MR) is 97.4 cm³/mol. The summed E-state index contributed by atoms with van der Waals surface area (Å²) in [5.74, 6) is 2.53. The summed E-state index contributed by atoms with van der Waals surface area (Å²) in [5.41, 5.74) is 2.10. The number of hydrogen-bond acceptors (Lipinski definition) is 7. The zero-order valence-corrected chi connectivity index (χ0v) is 14.9. The molecule has 4 aromatic rings. The van der Waals surface area contributed by atoms with Crippen LogP contribution in [0.2, 0.25) is 0 Å². The molecule has 8 heteroatoms. The highest BCUT2D eigenvalue weighted by molar-refractivity contribution is 7.98. The van der Waals surface area contributed by atoms with Crippen LogP contribution in [0.1, 0.15) is 17.3 Å². The molecule has 3 heterocycles. The second-order valence-electron chi connectivity index (χ2n) is 5.64. The molecule has 0 amide bonds. The van der Waals surface area contributed by atoms with Crippen molar-refractivity contribution in [3.63, 3.8) is 0 Å². The summed E-state index contributed by atoms with van der Waals surface area (Å²) in [6, 6.07) is 14.1. The van der Waals surface area contributed by atoms with Gasteiger partial charge in [0.25, 0.3) is 0 Å². The van der Waals surface area contributed by atoms with E-state index < -0.39 is 0 Å². The molecule has 0 radical (unpaired) electrons. The molecular weight excluding hydrogens is 348 g/mol. The van der Waals surface area contributed by atoms with Crippen molar-refractivity contribution in [2.75, 3.05) is 0 Å². The number of aryl methyl sites for hydroxylation is 1. The first kappa shape index (κ1) is 16.5. The van der Waals surface area contributed by atoms with E-state index in [4.69, 9.17) is 4.52 Å². The summed E-state index contributed by atoms with van der Waals surface area (Å²) in [6.07, 6.45) is 3.54. The maximum Gasteiger partial charge on any atom is 0.237 e. The van der Waals surface area contributed by atoms with E-state index in [1.165, 1.54) is 17.3 Å². The fourth-order valence-electron chi connectivity index (χ4n) is 2.54. The highest BCUT2D eigenvalue weighted by Gasteiger charge is 2.16. The molecule has 0 spiro atoms. The van der Waals surface area contributed by atoms with Gasteiger partial charge in [0, 0.05) is 18.0 Å². The Morgan fingerprint density at radius 3 is 2.69 bits per heavy atom. The third-order valence-corrected chi connectivity index (χ3v) is 4.67. The SMILES string of the molecule is Cc1noc(CSc2nnc(-c3cccnc3)n2Cc2ccccc2)n1. The molecule has 1 aromatic carbocycles. The molecule has 130 valence electrons. The van der Waals surface area contributed by atoms with Crippen LogP contribution < -0.4 is 0 Å². The van der Waals surface area contributed by atoms with Gasteiger partial charge in [-0.15, -0.1) is 10.2 Å². The van der Waals surface area contributed by atoms with Gasteiger partial charge in [-0.2, -0.15) is 4.98 Å². The Labute approximate surface area is 154 Å². The van der Waals surface area contributed by atoms with Crippen molar-refractivity contribution in [3.8, 4) is 11.4 Å². The Bertz CT molecular complexity index is 983. The van der Waals surface area contributed by atoms with Crippen LogP contribution in [-0.2, 0) is 12.3 Å². The number of rotatable bonds is 6. The van der Waals surface area contributed by atoms with Gasteiger partial charge in [-0.25, -0.2) is 0 Å². The molecule has 0 fully saturated rings. The molecule has 0 bridgehead atoms. The Kier molecular flexibility index (Phi) is 4.74. The molecule has 0 saturated heterocycles. The minimum absolute atomic E-state index is 0.542. The quantitative estimate of drug-likeness (QED) is 0.485. The van der Waals surface area contributed by atoms with Gasteiger partial charge in [-0.3, -0.25) is 9.55 Å². The summed E-state index contributed by atoms with van der Waals surface area (Å²) in [6.45, 7) is 2.47. The van der Waals surface area contributed by atoms with Crippen LogP contribution in [0.5, 0.6) is 0 Å². The summed E-state index contributed by atoms with van der Waals surface area (Å²) in [5, 5.41) is 13.4. The maximum atomic E-state index is 5.19. The predicted octanol–water partition coefficient (Wildman–Crippen LogP) is 3.37. The maximum absolute atomic E-state index is 5.19. The molecule has 0 aliphatic rings. The van der Waals surface area contributed by atoms with Crippen molar-refractivity contribution in [1.29, 1.82) is 0 Å². The molecule has 0 aliphatic carbocycles. The lowest BCUT2D eigenvalue weighted by Crippen LogP contribution is -2.04. The van der Waals surface area contributed by atoms with E-state index >= 15 is 0 Å². The number of thioether (sulfide) groups is 1. The molecule has 3 aromatic heterocycles. The molecule has 0 N–H and O–H groups in total. The largest absolute Gasteiger partial charge is 0.338 e. The minimum atomic E-state index is 0.542. The van der Waals surface area contributed by atoms with Crippen molar-refractivity contribution in [2.24, 2.45) is 0 Å². The van der Waals surface area contributed by atoms with Gasteiger partial charge in [0.15, 0.2) is 16.8 Å². The molecule has 0 atom stereocenters. The third kappa shape index (κ3) is 3.65. The number of hydrogen-bond donors (Lipinski definition) is 0. The number of nitrogens with zero attached hydrogens (tertiary/aromatic N) is 6. The van der Waals surface area contributed by atoms with E-state index in [0.717, 1.165) is 16.5 Å². The van der Waals surface area contributed by atoms with Crippen molar-refractivity contribution < 1.29 is 4.52 Å². The molecular formula is C18H16N6OS. The van der Waals surface area contributed by atoms with Crippen molar-refractivity contribution >= 4 is 11.8 Å². The van der Waals surface area contributed by atoms with E-state index in [2.05, 4.69) is 42.0 Å². The van der Waals surface area contributed by atoms with Crippen molar-refractivity contribution in [3.05, 3.63) is 72.1 Å². The summed E-state index contributed by atoms with van der Waals surface area (Å²) < 4.78 is 7.27. The van der Waals surface area contributed by atoms with Gasteiger partial charge in [0.1, 0.15) is 0 Å². The fourth-order valence-corrected chi connectivity index (χ4v) is 3.31. The van der Waals surface area contributed by atoms with E-state index in [1.54, 1.807) is 19.3 Å². The lowest BCUT2D eigenvalue weighted by molar-refractivity contribution is 0.387. The van der Waals surface area contributed by atoms with E-state index in [-0.39, 0.29) is 0 Å². The summed E-state index contributed by atoms with van der Waals surface area (Å²) >= 11 is 1.52. The van der Waals surface area contributed by atoms with Crippen LogP contribution in [0.4, 0.5) is 0 Å². The van der Waals surface area contributed by atoms with Crippen LogP contribution in [0, 0.1) is 6.92 Å². The number of aromatic nitrogens is 6. The first-order chi connectivity index (χ1) is 12.8. The monoisotopic (exact) mass is 364 g/mol. The third-order valence-electron chi connectivity index (χ3n) is 3.71. The van der Waals surface area contributed by atoms with Gasteiger partial charge < -0.3 is 4.52 Å². The second-order valence-corrected chi connectivity index (χ2v) is 6.59. The molecule has 0 unspecified atom stereocenters. The van der Waals surface area contributed by atoms with Crippen LogP contribution in [0.3, 0.4) is 0 Å². The van der Waals surface area contributed by atoms with Crippen LogP contribution >= 0.6 is 11.8 Å². The molecule has 26 heavy (non-hydrogen) atoms. The highest BCUT2D eigenvalue weighted by atomic mass is 32.2. The average Bonchev–Trinajstić information content (AvgIpc) is 3.28. The lowest BCUT2D eigenvalue weighted by Gasteiger charge is -2.10. The Hall–Kier alpha value is -3.00. The van der Waals surface area contributed by atoms with Gasteiger partial charge in [-0.05, 0) is 24.6 Å². The normalized spacial score (nSPS) is 11.0. The standard InChI is InChI=1S/C18H16N6OS/c1-13-20-16(25-23-13)12-26-18-22-21-17(15-8-5-9-19-10-15)24(18)11-14-6-3-2-4-7-14/h2-10H,11-12H2,1H3. The number of pyridine rings is 1. The van der Waals surface area contributed by atoms with Crippen molar-refractivity contribution in [1.82, 2.24) is 29.9 Å². The Morgan fingerprint density at radius 2 is 1.96 bits per heavy atom. The molecule has 7 nitrogen and oxygen atoms in total. The van der Waals surface area contributed by atoms with Crippen LogP contribution in [-0.4, -0.2) is 29.9 Å². The summed E-state index contributed by atoms with van der Waals surface area (Å²) in [4.78, 5) is 8.43. The smallest absolute Gasteiger partial charge is 0.237 e. The zero-order chi connectivity index (χ0) is 17.8. The average molecular weight is 364 g/mol. The van der Waals surface area contributed by atoms with E-state index in [9.17, 15) is 0 Å². The van der Waals surface area contributed by atoms with Gasteiger partial charge >= 0.3 is 0 Å².